The van der Waals surface area contributed by atoms with Crippen LogP contribution in [0.15, 0.2) is 36.0 Å². The first-order valence-electron chi connectivity index (χ1n) is 5.65. The Morgan fingerprint density at radius 2 is 2.14 bits per heavy atom. The van der Waals surface area contributed by atoms with Gasteiger partial charge >= 0.3 is 0 Å². The van der Waals surface area contributed by atoms with Crippen LogP contribution >= 0.6 is 0 Å². The first kappa shape index (κ1) is 11.3. The van der Waals surface area contributed by atoms with Gasteiger partial charge in [-0.05, 0) is 38.2 Å². The summed E-state index contributed by atoms with van der Waals surface area (Å²) in [6.07, 6.45) is 11.7. The van der Waals surface area contributed by atoms with Crippen molar-refractivity contribution < 1.29 is 0 Å². The van der Waals surface area contributed by atoms with Gasteiger partial charge < -0.3 is 0 Å². The standard InChI is InChI=1S/C14H22/c1-5-10-14(4,6-2)11-13-9-7-8-12(13)3/h5,10-11H,3,6-9H2,1-2,4H3/b10-5-,13-11-. The van der Waals surface area contributed by atoms with Gasteiger partial charge in [0.05, 0.1) is 0 Å². The van der Waals surface area contributed by atoms with Crippen LogP contribution in [0.3, 0.4) is 0 Å². The van der Waals surface area contributed by atoms with E-state index in [2.05, 4.69) is 45.6 Å². The molecule has 0 nitrogen and oxygen atoms in total. The van der Waals surface area contributed by atoms with Crippen LogP contribution in [0.5, 0.6) is 0 Å². The van der Waals surface area contributed by atoms with Crippen LogP contribution < -0.4 is 0 Å². The van der Waals surface area contributed by atoms with Crippen LogP contribution in [0.2, 0.25) is 0 Å². The van der Waals surface area contributed by atoms with Gasteiger partial charge in [0.15, 0.2) is 0 Å². The van der Waals surface area contributed by atoms with Crippen molar-refractivity contribution in [2.75, 3.05) is 0 Å². The SMILES string of the molecule is C=C1CCC/C1=C/C(C)(/C=C\C)CC. The lowest BCUT2D eigenvalue weighted by Crippen LogP contribution is -2.08. The van der Waals surface area contributed by atoms with E-state index in [0.29, 0.717) is 0 Å². The third kappa shape index (κ3) is 2.60. The Hall–Kier alpha value is -0.780. The third-order valence-electron chi connectivity index (χ3n) is 3.19. The summed E-state index contributed by atoms with van der Waals surface area (Å²) < 4.78 is 0. The molecule has 1 atom stereocenters. The molecule has 1 aliphatic rings. The normalized spacial score (nSPS) is 24.8. The van der Waals surface area contributed by atoms with Crippen molar-refractivity contribution in [3.63, 3.8) is 0 Å². The Morgan fingerprint density at radius 1 is 1.43 bits per heavy atom. The average molecular weight is 190 g/mol. The molecule has 1 fully saturated rings. The molecule has 0 heterocycles. The second-order valence-corrected chi connectivity index (χ2v) is 4.49. The smallest absolute Gasteiger partial charge is 0.00358 e. The molecular weight excluding hydrogens is 168 g/mol. The van der Waals surface area contributed by atoms with E-state index in [1.165, 1.54) is 30.4 Å². The van der Waals surface area contributed by atoms with Gasteiger partial charge in [-0.15, -0.1) is 0 Å². The lowest BCUT2D eigenvalue weighted by atomic mass is 9.84. The van der Waals surface area contributed by atoms with Crippen molar-refractivity contribution >= 4 is 0 Å². The van der Waals surface area contributed by atoms with Crippen LogP contribution in [-0.4, -0.2) is 0 Å². The molecule has 0 aliphatic heterocycles. The molecule has 0 aromatic rings. The van der Waals surface area contributed by atoms with E-state index in [-0.39, 0.29) is 5.41 Å². The van der Waals surface area contributed by atoms with Crippen LogP contribution in [0.1, 0.15) is 46.5 Å². The van der Waals surface area contributed by atoms with Gasteiger partial charge in [-0.25, -0.2) is 0 Å². The summed E-state index contributed by atoms with van der Waals surface area (Å²) in [6, 6.07) is 0. The predicted octanol–water partition coefficient (Wildman–Crippen LogP) is 4.65. The number of allylic oxidation sites excluding steroid dienone is 5. The largest absolute Gasteiger partial charge is 0.0956 e. The maximum absolute atomic E-state index is 4.12. The molecule has 0 amide bonds. The summed E-state index contributed by atoms with van der Waals surface area (Å²) >= 11 is 0. The molecule has 0 aromatic carbocycles. The number of hydrogen-bond donors (Lipinski definition) is 0. The van der Waals surface area contributed by atoms with E-state index in [1.54, 1.807) is 0 Å². The fourth-order valence-corrected chi connectivity index (χ4v) is 2.05. The number of hydrogen-bond acceptors (Lipinski definition) is 0. The highest BCUT2D eigenvalue weighted by Gasteiger charge is 2.19. The Labute approximate surface area is 88.4 Å². The van der Waals surface area contributed by atoms with E-state index in [1.807, 2.05) is 0 Å². The van der Waals surface area contributed by atoms with Crippen molar-refractivity contribution in [2.45, 2.75) is 46.5 Å². The summed E-state index contributed by atoms with van der Waals surface area (Å²) in [4.78, 5) is 0. The topological polar surface area (TPSA) is 0 Å². The molecule has 1 unspecified atom stereocenters. The fourth-order valence-electron chi connectivity index (χ4n) is 2.05. The fraction of sp³-hybridized carbons (Fsp3) is 0.571. The molecule has 0 N–H and O–H groups in total. The Kier molecular flexibility index (Phi) is 3.74. The van der Waals surface area contributed by atoms with E-state index < -0.39 is 0 Å². The van der Waals surface area contributed by atoms with E-state index in [9.17, 15) is 0 Å². The summed E-state index contributed by atoms with van der Waals surface area (Å²) in [5, 5.41) is 0. The van der Waals surface area contributed by atoms with Gasteiger partial charge in [-0.3, -0.25) is 0 Å². The highest BCUT2D eigenvalue weighted by Crippen LogP contribution is 2.35. The minimum atomic E-state index is 0.233. The Morgan fingerprint density at radius 3 is 2.57 bits per heavy atom. The van der Waals surface area contributed by atoms with Crippen LogP contribution in [0.4, 0.5) is 0 Å². The number of rotatable bonds is 3. The molecule has 0 spiro atoms. The molecule has 0 heteroatoms. The monoisotopic (exact) mass is 190 g/mol. The molecule has 78 valence electrons. The van der Waals surface area contributed by atoms with Crippen LogP contribution in [0.25, 0.3) is 0 Å². The molecule has 1 rings (SSSR count). The molecule has 0 radical (unpaired) electrons. The molecule has 1 saturated carbocycles. The summed E-state index contributed by atoms with van der Waals surface area (Å²) in [5.74, 6) is 0. The molecule has 1 aliphatic carbocycles. The maximum atomic E-state index is 4.12. The molecule has 0 aromatic heterocycles. The lowest BCUT2D eigenvalue weighted by Gasteiger charge is -2.21. The van der Waals surface area contributed by atoms with Crippen molar-refractivity contribution in [1.29, 1.82) is 0 Å². The zero-order valence-electron chi connectivity index (χ0n) is 9.77. The van der Waals surface area contributed by atoms with Crippen LogP contribution in [-0.2, 0) is 0 Å². The quantitative estimate of drug-likeness (QED) is 0.568. The zero-order chi connectivity index (χ0) is 10.6. The molecule has 0 saturated heterocycles. The van der Waals surface area contributed by atoms with Gasteiger partial charge in [0, 0.05) is 5.41 Å². The van der Waals surface area contributed by atoms with Gasteiger partial charge in [-0.1, -0.05) is 44.2 Å². The van der Waals surface area contributed by atoms with Gasteiger partial charge in [0.2, 0.25) is 0 Å². The second-order valence-electron chi connectivity index (χ2n) is 4.49. The third-order valence-corrected chi connectivity index (χ3v) is 3.19. The van der Waals surface area contributed by atoms with Gasteiger partial charge in [-0.2, -0.15) is 0 Å². The van der Waals surface area contributed by atoms with E-state index in [0.717, 1.165) is 6.42 Å². The van der Waals surface area contributed by atoms with Crippen LogP contribution in [0, 0.1) is 5.41 Å². The summed E-state index contributed by atoms with van der Waals surface area (Å²) in [5.41, 5.74) is 3.08. The van der Waals surface area contributed by atoms with Crippen molar-refractivity contribution in [1.82, 2.24) is 0 Å². The molecule has 0 bridgehead atoms. The molecule has 14 heavy (non-hydrogen) atoms. The summed E-state index contributed by atoms with van der Waals surface area (Å²) in [7, 11) is 0. The van der Waals surface area contributed by atoms with Gasteiger partial charge in [0.1, 0.15) is 0 Å². The molecular formula is C14H22. The minimum absolute atomic E-state index is 0.233. The highest BCUT2D eigenvalue weighted by atomic mass is 14.2. The summed E-state index contributed by atoms with van der Waals surface area (Å²) in [6.45, 7) is 10.8. The first-order valence-corrected chi connectivity index (χ1v) is 5.65. The van der Waals surface area contributed by atoms with E-state index in [4.69, 9.17) is 0 Å². The minimum Gasteiger partial charge on any atom is -0.0956 e. The van der Waals surface area contributed by atoms with Crippen molar-refractivity contribution in [2.24, 2.45) is 5.41 Å². The highest BCUT2D eigenvalue weighted by molar-refractivity contribution is 5.35. The van der Waals surface area contributed by atoms with Crippen molar-refractivity contribution in [3.8, 4) is 0 Å². The first-order chi connectivity index (χ1) is 6.61. The lowest BCUT2D eigenvalue weighted by molar-refractivity contribution is 0.525. The maximum Gasteiger partial charge on any atom is 0.00358 e. The Balaban J connectivity index is 2.86. The second kappa shape index (κ2) is 4.63. The zero-order valence-corrected chi connectivity index (χ0v) is 9.77. The van der Waals surface area contributed by atoms with Gasteiger partial charge in [0.25, 0.3) is 0 Å². The average Bonchev–Trinajstić information content (AvgIpc) is 2.52. The van der Waals surface area contributed by atoms with Crippen molar-refractivity contribution in [3.05, 3.63) is 36.0 Å². The predicted molar refractivity (Wildman–Crippen MR) is 64.3 cm³/mol. The van der Waals surface area contributed by atoms with E-state index >= 15 is 0 Å². The Bertz CT molecular complexity index is 268.